The summed E-state index contributed by atoms with van der Waals surface area (Å²) < 4.78 is 80.8. The standard InChI is InChI=1S/C24H22F6N6S/c1-36(2)7-3-4-13-8-18(21(31-11-13)24(28,29)30)34-22-32-12-14-9-19(37)33-17-10-15(23(25,26)27)5-6-16(17)20(14)35-22/h5-6,8,10-12H,3-4,7,9H2,1-2H3,(H,33,37)(H,32,34,35). The highest BCUT2D eigenvalue weighted by molar-refractivity contribution is 7.80. The largest absolute Gasteiger partial charge is 0.435 e. The summed E-state index contributed by atoms with van der Waals surface area (Å²) in [4.78, 5) is 14.4. The van der Waals surface area contributed by atoms with E-state index in [1.54, 1.807) is 0 Å². The highest BCUT2D eigenvalue weighted by Gasteiger charge is 2.36. The van der Waals surface area contributed by atoms with Gasteiger partial charge in [0.25, 0.3) is 0 Å². The molecule has 196 valence electrons. The predicted molar refractivity (Wildman–Crippen MR) is 132 cm³/mol. The van der Waals surface area contributed by atoms with Gasteiger partial charge in [-0.15, -0.1) is 0 Å². The molecule has 1 aliphatic rings. The monoisotopic (exact) mass is 540 g/mol. The van der Waals surface area contributed by atoms with Gasteiger partial charge in [0, 0.05) is 35.6 Å². The molecular weight excluding hydrogens is 518 g/mol. The molecule has 0 bridgehead atoms. The maximum Gasteiger partial charge on any atom is 0.435 e. The molecule has 0 fully saturated rings. The lowest BCUT2D eigenvalue weighted by atomic mass is 10.0. The zero-order valence-corrected chi connectivity index (χ0v) is 20.6. The van der Waals surface area contributed by atoms with Gasteiger partial charge in [-0.2, -0.15) is 26.3 Å². The molecule has 2 aromatic heterocycles. The minimum atomic E-state index is -4.73. The molecule has 0 aliphatic carbocycles. The zero-order chi connectivity index (χ0) is 27.0. The molecular formula is C24H22F6N6S. The first kappa shape index (κ1) is 26.7. The minimum absolute atomic E-state index is 0.101. The van der Waals surface area contributed by atoms with Crippen molar-refractivity contribution in [3.05, 3.63) is 59.0 Å². The Morgan fingerprint density at radius 3 is 2.46 bits per heavy atom. The summed E-state index contributed by atoms with van der Waals surface area (Å²) in [7, 11) is 3.80. The summed E-state index contributed by atoms with van der Waals surface area (Å²) in [6.07, 6.45) is -5.32. The maximum atomic E-state index is 13.7. The lowest BCUT2D eigenvalue weighted by Gasteiger charge is -2.16. The summed E-state index contributed by atoms with van der Waals surface area (Å²) in [6.45, 7) is 0.753. The number of alkyl halides is 6. The van der Waals surface area contributed by atoms with E-state index in [2.05, 4.69) is 25.6 Å². The molecule has 37 heavy (non-hydrogen) atoms. The van der Waals surface area contributed by atoms with Crippen LogP contribution in [0.1, 0.15) is 28.8 Å². The molecule has 6 nitrogen and oxygen atoms in total. The number of nitrogens with zero attached hydrogens (tertiary/aromatic N) is 4. The number of aryl methyl sites for hydroxylation is 1. The fourth-order valence-electron chi connectivity index (χ4n) is 3.91. The summed E-state index contributed by atoms with van der Waals surface area (Å²) in [5.74, 6) is -0.157. The number of fused-ring (bicyclic) bond motifs is 3. The van der Waals surface area contributed by atoms with Crippen LogP contribution in [0.5, 0.6) is 0 Å². The molecule has 3 aromatic rings. The van der Waals surface area contributed by atoms with Gasteiger partial charge in [0.05, 0.1) is 21.9 Å². The number of thiocarbonyl (C=S) groups is 1. The highest BCUT2D eigenvalue weighted by atomic mass is 32.1. The number of benzene rings is 1. The maximum absolute atomic E-state index is 13.7. The Kier molecular flexibility index (Phi) is 7.38. The SMILES string of the molecule is CN(C)CCCc1cnc(C(F)(F)F)c(Nc2ncc3c(n2)-c2ccc(C(F)(F)F)cc2NC(=S)C3)c1. The van der Waals surface area contributed by atoms with Crippen molar-refractivity contribution >= 4 is 34.5 Å². The number of hydrogen-bond acceptors (Lipinski definition) is 6. The predicted octanol–water partition coefficient (Wildman–Crippen LogP) is 6.11. The van der Waals surface area contributed by atoms with Crippen molar-refractivity contribution in [3.8, 4) is 11.3 Å². The van der Waals surface area contributed by atoms with Gasteiger partial charge in [0.2, 0.25) is 5.95 Å². The number of halogens is 6. The second-order valence-electron chi connectivity index (χ2n) is 8.82. The Balaban J connectivity index is 1.72. The van der Waals surface area contributed by atoms with Crippen LogP contribution in [0.2, 0.25) is 0 Å². The van der Waals surface area contributed by atoms with E-state index in [9.17, 15) is 26.3 Å². The molecule has 0 spiro atoms. The molecule has 0 unspecified atom stereocenters. The first-order chi connectivity index (χ1) is 17.3. The summed E-state index contributed by atoms with van der Waals surface area (Å²) in [5.41, 5.74) is -0.504. The van der Waals surface area contributed by atoms with Crippen molar-refractivity contribution < 1.29 is 26.3 Å². The van der Waals surface area contributed by atoms with E-state index in [4.69, 9.17) is 12.2 Å². The quantitative estimate of drug-likeness (QED) is 0.289. The number of anilines is 3. The molecule has 0 atom stereocenters. The minimum Gasteiger partial charge on any atom is -0.349 e. The lowest BCUT2D eigenvalue weighted by Crippen LogP contribution is -2.15. The Labute approximate surface area is 214 Å². The molecule has 0 saturated carbocycles. The fraction of sp³-hybridized carbons (Fsp3) is 0.333. The summed E-state index contributed by atoms with van der Waals surface area (Å²) in [5, 5.41) is 5.41. The van der Waals surface area contributed by atoms with Gasteiger partial charge in [-0.05, 0) is 57.2 Å². The molecule has 3 heterocycles. The second kappa shape index (κ2) is 10.2. The Morgan fingerprint density at radius 2 is 1.78 bits per heavy atom. The average molecular weight is 541 g/mol. The Hall–Kier alpha value is -3.32. The molecule has 4 rings (SSSR count). The van der Waals surface area contributed by atoms with Crippen molar-refractivity contribution in [3.63, 3.8) is 0 Å². The molecule has 13 heteroatoms. The first-order valence-corrected chi connectivity index (χ1v) is 11.6. The second-order valence-corrected chi connectivity index (χ2v) is 9.31. The van der Waals surface area contributed by atoms with Crippen molar-refractivity contribution in [2.45, 2.75) is 31.6 Å². The van der Waals surface area contributed by atoms with Crippen LogP contribution in [0.15, 0.2) is 36.7 Å². The van der Waals surface area contributed by atoms with Gasteiger partial charge in [-0.3, -0.25) is 0 Å². The number of aromatic nitrogens is 3. The smallest absolute Gasteiger partial charge is 0.349 e. The average Bonchev–Trinajstić information content (AvgIpc) is 2.92. The zero-order valence-electron chi connectivity index (χ0n) is 19.8. The van der Waals surface area contributed by atoms with Crippen LogP contribution in [0, 0.1) is 0 Å². The van der Waals surface area contributed by atoms with Crippen molar-refractivity contribution in [1.82, 2.24) is 19.9 Å². The topological polar surface area (TPSA) is 66.0 Å². The van der Waals surface area contributed by atoms with Gasteiger partial charge in [0.1, 0.15) is 0 Å². The number of rotatable bonds is 6. The molecule has 2 N–H and O–H groups in total. The third kappa shape index (κ3) is 6.34. The fourth-order valence-corrected chi connectivity index (χ4v) is 4.18. The summed E-state index contributed by atoms with van der Waals surface area (Å²) in [6, 6.07) is 4.45. The van der Waals surface area contributed by atoms with Crippen molar-refractivity contribution in [1.29, 1.82) is 0 Å². The van der Waals surface area contributed by atoms with Gasteiger partial charge in [0.15, 0.2) is 5.69 Å². The number of pyridine rings is 1. The number of hydrogen-bond donors (Lipinski definition) is 2. The highest BCUT2D eigenvalue weighted by Crippen LogP contribution is 2.39. The van der Waals surface area contributed by atoms with Gasteiger partial charge >= 0.3 is 12.4 Å². The van der Waals surface area contributed by atoms with Crippen LogP contribution < -0.4 is 10.6 Å². The van der Waals surface area contributed by atoms with E-state index >= 15 is 0 Å². The molecule has 1 aliphatic heterocycles. The van der Waals surface area contributed by atoms with E-state index in [1.165, 1.54) is 24.5 Å². The van der Waals surface area contributed by atoms with Crippen molar-refractivity contribution in [2.24, 2.45) is 0 Å². The van der Waals surface area contributed by atoms with Crippen LogP contribution in [0.4, 0.5) is 43.7 Å². The lowest BCUT2D eigenvalue weighted by molar-refractivity contribution is -0.140. The molecule has 0 radical (unpaired) electrons. The number of nitrogens with one attached hydrogen (secondary N) is 2. The van der Waals surface area contributed by atoms with Crippen LogP contribution in [-0.2, 0) is 25.2 Å². The van der Waals surface area contributed by atoms with E-state index in [0.29, 0.717) is 23.1 Å². The molecule has 0 saturated heterocycles. The van der Waals surface area contributed by atoms with Crippen LogP contribution in [0.25, 0.3) is 11.3 Å². The van der Waals surface area contributed by atoms with E-state index in [-0.39, 0.29) is 34.4 Å². The Bertz CT molecular complexity index is 1320. The van der Waals surface area contributed by atoms with E-state index in [1.807, 2.05) is 19.0 Å². The molecule has 1 aromatic carbocycles. The van der Waals surface area contributed by atoms with Crippen LogP contribution in [-0.4, -0.2) is 45.5 Å². The van der Waals surface area contributed by atoms with Crippen LogP contribution in [0.3, 0.4) is 0 Å². The third-order valence-corrected chi connectivity index (χ3v) is 5.87. The van der Waals surface area contributed by atoms with Crippen LogP contribution >= 0.6 is 12.2 Å². The normalized spacial score (nSPS) is 13.6. The van der Waals surface area contributed by atoms with E-state index < -0.39 is 23.6 Å². The summed E-state index contributed by atoms with van der Waals surface area (Å²) >= 11 is 5.24. The van der Waals surface area contributed by atoms with Gasteiger partial charge < -0.3 is 15.5 Å². The van der Waals surface area contributed by atoms with Gasteiger partial charge in [-0.1, -0.05) is 18.3 Å². The van der Waals surface area contributed by atoms with Gasteiger partial charge in [-0.25, -0.2) is 15.0 Å². The van der Waals surface area contributed by atoms with Crippen molar-refractivity contribution in [2.75, 3.05) is 31.3 Å². The van der Waals surface area contributed by atoms with E-state index in [0.717, 1.165) is 25.1 Å². The third-order valence-electron chi connectivity index (χ3n) is 5.62. The first-order valence-electron chi connectivity index (χ1n) is 11.2. The molecule has 0 amide bonds. The Morgan fingerprint density at radius 1 is 1.03 bits per heavy atom.